The Kier molecular flexibility index (Phi) is 4.86. The first-order chi connectivity index (χ1) is 12.0. The van der Waals surface area contributed by atoms with Crippen LogP contribution in [0.2, 0.25) is 5.02 Å². The van der Waals surface area contributed by atoms with E-state index in [4.69, 9.17) is 16.9 Å². The molecule has 5 nitrogen and oxygen atoms in total. The number of halogens is 2. The number of aromatic nitrogens is 1. The number of rotatable bonds is 6. The van der Waals surface area contributed by atoms with E-state index in [1.165, 1.54) is 24.4 Å². The van der Waals surface area contributed by atoms with Crippen LogP contribution in [0.3, 0.4) is 0 Å². The van der Waals surface area contributed by atoms with E-state index < -0.39 is 5.82 Å². The number of amides is 1. The van der Waals surface area contributed by atoms with E-state index in [1.54, 1.807) is 12.1 Å². The lowest BCUT2D eigenvalue weighted by Crippen LogP contribution is -2.14. The summed E-state index contributed by atoms with van der Waals surface area (Å²) in [5.41, 5.74) is 0.649. The van der Waals surface area contributed by atoms with Crippen LogP contribution in [0.15, 0.2) is 36.5 Å². The second-order valence-electron chi connectivity index (χ2n) is 6.08. The van der Waals surface area contributed by atoms with Gasteiger partial charge in [0.25, 0.3) is 5.91 Å². The number of carbonyl (C=O) groups is 1. The molecule has 1 aromatic carbocycles. The Morgan fingerprint density at radius 3 is 2.84 bits per heavy atom. The summed E-state index contributed by atoms with van der Waals surface area (Å²) in [6.07, 6.45) is 4.18. The van der Waals surface area contributed by atoms with Crippen LogP contribution in [0.1, 0.15) is 29.6 Å². The lowest BCUT2D eigenvalue weighted by Gasteiger charge is -2.10. The average molecular weight is 359 g/mol. The SMILES string of the molecule is N#CC1(CCNc2cc(C(=O)Nc3ccc(F)c(Cl)c3)ccn2)CC1. The summed E-state index contributed by atoms with van der Waals surface area (Å²) < 4.78 is 13.2. The fraction of sp³-hybridized carbons (Fsp3) is 0.278. The van der Waals surface area contributed by atoms with E-state index in [-0.39, 0.29) is 16.3 Å². The van der Waals surface area contributed by atoms with Crippen LogP contribution in [0, 0.1) is 22.6 Å². The maximum atomic E-state index is 13.2. The van der Waals surface area contributed by atoms with Gasteiger partial charge in [-0.15, -0.1) is 0 Å². The third-order valence-electron chi connectivity index (χ3n) is 4.20. The number of carbonyl (C=O) groups excluding carboxylic acids is 1. The number of nitrogens with zero attached hydrogens (tertiary/aromatic N) is 2. The van der Waals surface area contributed by atoms with Crippen LogP contribution < -0.4 is 10.6 Å². The van der Waals surface area contributed by atoms with Gasteiger partial charge in [0.2, 0.25) is 0 Å². The molecule has 25 heavy (non-hydrogen) atoms. The van der Waals surface area contributed by atoms with E-state index in [0.717, 1.165) is 19.3 Å². The van der Waals surface area contributed by atoms with E-state index in [0.29, 0.717) is 23.6 Å². The molecule has 3 rings (SSSR count). The second kappa shape index (κ2) is 7.08. The third kappa shape index (κ3) is 4.25. The third-order valence-corrected chi connectivity index (χ3v) is 4.49. The first kappa shape index (κ1) is 17.2. The van der Waals surface area contributed by atoms with Crippen molar-refractivity contribution in [1.29, 1.82) is 5.26 Å². The molecule has 128 valence electrons. The number of pyridine rings is 1. The maximum Gasteiger partial charge on any atom is 0.255 e. The van der Waals surface area contributed by atoms with Crippen molar-refractivity contribution < 1.29 is 9.18 Å². The highest BCUT2D eigenvalue weighted by Gasteiger charge is 2.42. The van der Waals surface area contributed by atoms with E-state index in [1.807, 2.05) is 0 Å². The summed E-state index contributed by atoms with van der Waals surface area (Å²) in [6.45, 7) is 0.624. The molecule has 1 fully saturated rings. The molecule has 1 aliphatic rings. The van der Waals surface area contributed by atoms with Gasteiger partial charge in [-0.25, -0.2) is 9.37 Å². The van der Waals surface area contributed by atoms with Crippen LogP contribution in [0.5, 0.6) is 0 Å². The van der Waals surface area contributed by atoms with E-state index in [2.05, 4.69) is 21.7 Å². The molecule has 0 bridgehead atoms. The van der Waals surface area contributed by atoms with Crippen LogP contribution in [-0.4, -0.2) is 17.4 Å². The second-order valence-corrected chi connectivity index (χ2v) is 6.49. The molecule has 0 radical (unpaired) electrons. The molecule has 1 amide bonds. The largest absolute Gasteiger partial charge is 0.370 e. The van der Waals surface area contributed by atoms with Crippen LogP contribution in [-0.2, 0) is 0 Å². The fourth-order valence-electron chi connectivity index (χ4n) is 2.44. The molecule has 1 saturated carbocycles. The molecule has 1 aliphatic carbocycles. The van der Waals surface area contributed by atoms with Crippen molar-refractivity contribution in [3.63, 3.8) is 0 Å². The van der Waals surface area contributed by atoms with Gasteiger partial charge >= 0.3 is 0 Å². The normalized spacial score (nSPS) is 14.4. The predicted octanol–water partition coefficient (Wildman–Crippen LogP) is 4.23. The van der Waals surface area contributed by atoms with Crippen molar-refractivity contribution >= 4 is 29.0 Å². The number of anilines is 2. The zero-order valence-electron chi connectivity index (χ0n) is 13.4. The van der Waals surface area contributed by atoms with E-state index in [9.17, 15) is 9.18 Å². The van der Waals surface area contributed by atoms with E-state index >= 15 is 0 Å². The van der Waals surface area contributed by atoms with Gasteiger partial charge in [-0.2, -0.15) is 5.26 Å². The minimum absolute atomic E-state index is 0.0543. The molecule has 0 saturated heterocycles. The molecule has 0 aliphatic heterocycles. The Hall–Kier alpha value is -2.65. The number of benzene rings is 1. The van der Waals surface area contributed by atoms with Crippen LogP contribution in [0.4, 0.5) is 15.9 Å². The lowest BCUT2D eigenvalue weighted by molar-refractivity contribution is 0.102. The zero-order valence-corrected chi connectivity index (χ0v) is 14.1. The molecule has 1 aromatic heterocycles. The van der Waals surface area contributed by atoms with Gasteiger partial charge in [-0.3, -0.25) is 4.79 Å². The van der Waals surface area contributed by atoms with Crippen molar-refractivity contribution in [3.8, 4) is 6.07 Å². The van der Waals surface area contributed by atoms with Crippen molar-refractivity contribution in [2.24, 2.45) is 5.41 Å². The molecular formula is C18H16ClFN4O. The van der Waals surface area contributed by atoms with Gasteiger partial charge < -0.3 is 10.6 Å². The number of nitriles is 1. The summed E-state index contributed by atoms with van der Waals surface area (Å²) in [6, 6.07) is 9.55. The average Bonchev–Trinajstić information content (AvgIpc) is 3.39. The number of hydrogen-bond donors (Lipinski definition) is 2. The highest BCUT2D eigenvalue weighted by atomic mass is 35.5. The molecule has 7 heteroatoms. The minimum atomic E-state index is -0.541. The minimum Gasteiger partial charge on any atom is -0.370 e. The van der Waals surface area contributed by atoms with Crippen molar-refractivity contribution in [1.82, 2.24) is 4.98 Å². The quantitative estimate of drug-likeness (QED) is 0.809. The van der Waals surface area contributed by atoms with Gasteiger partial charge in [0.1, 0.15) is 11.6 Å². The first-order valence-electron chi connectivity index (χ1n) is 7.89. The van der Waals surface area contributed by atoms with Crippen LogP contribution >= 0.6 is 11.6 Å². The standard InChI is InChI=1S/C18H16ClFN4O/c19-14-10-13(1-2-15(14)20)24-17(25)12-3-7-22-16(9-12)23-8-6-18(11-21)4-5-18/h1-3,7,9-10H,4-6,8H2,(H,22,23)(H,24,25). The zero-order chi connectivity index (χ0) is 17.9. The Balaban J connectivity index is 1.61. The summed E-state index contributed by atoms with van der Waals surface area (Å²) in [7, 11) is 0. The smallest absolute Gasteiger partial charge is 0.255 e. The number of nitrogens with one attached hydrogen (secondary N) is 2. The predicted molar refractivity (Wildman–Crippen MR) is 94.0 cm³/mol. The van der Waals surface area contributed by atoms with Crippen molar-refractivity contribution in [2.45, 2.75) is 19.3 Å². The summed E-state index contributed by atoms with van der Waals surface area (Å²) in [5.74, 6) is -0.316. The van der Waals surface area contributed by atoms with Crippen molar-refractivity contribution in [3.05, 3.63) is 52.9 Å². The topological polar surface area (TPSA) is 77.8 Å². The Morgan fingerprint density at radius 1 is 1.36 bits per heavy atom. The van der Waals surface area contributed by atoms with Crippen LogP contribution in [0.25, 0.3) is 0 Å². The van der Waals surface area contributed by atoms with Gasteiger partial charge in [0.05, 0.1) is 16.5 Å². The molecule has 0 atom stereocenters. The highest BCUT2D eigenvalue weighted by molar-refractivity contribution is 6.31. The Morgan fingerprint density at radius 2 is 2.16 bits per heavy atom. The van der Waals surface area contributed by atoms with Gasteiger partial charge in [-0.1, -0.05) is 11.6 Å². The molecule has 2 aromatic rings. The van der Waals surface area contributed by atoms with Gasteiger partial charge in [-0.05, 0) is 49.6 Å². The van der Waals surface area contributed by atoms with Gasteiger partial charge in [0, 0.05) is 24.0 Å². The molecule has 0 spiro atoms. The molecular weight excluding hydrogens is 343 g/mol. The summed E-state index contributed by atoms with van der Waals surface area (Å²) in [4.78, 5) is 16.5. The Labute approximate surface area is 149 Å². The Bertz CT molecular complexity index is 845. The molecule has 1 heterocycles. The summed E-state index contributed by atoms with van der Waals surface area (Å²) in [5, 5.41) is 14.8. The van der Waals surface area contributed by atoms with Crippen molar-refractivity contribution in [2.75, 3.05) is 17.2 Å². The summed E-state index contributed by atoms with van der Waals surface area (Å²) >= 11 is 5.71. The van der Waals surface area contributed by atoms with Gasteiger partial charge in [0.15, 0.2) is 0 Å². The fourth-order valence-corrected chi connectivity index (χ4v) is 2.62. The first-order valence-corrected chi connectivity index (χ1v) is 8.27. The lowest BCUT2D eigenvalue weighted by atomic mass is 10.1. The maximum absolute atomic E-state index is 13.2. The monoisotopic (exact) mass is 358 g/mol. The molecule has 2 N–H and O–H groups in total. The molecule has 0 unspecified atom stereocenters. The number of hydrogen-bond acceptors (Lipinski definition) is 4. The highest BCUT2D eigenvalue weighted by Crippen LogP contribution is 2.47.